The van der Waals surface area contributed by atoms with E-state index in [4.69, 9.17) is 0 Å². The molecule has 0 unspecified atom stereocenters. The molecule has 22 heavy (non-hydrogen) atoms. The zero-order chi connectivity index (χ0) is 16.5. The van der Waals surface area contributed by atoms with E-state index in [0.717, 1.165) is 24.8 Å². The molecule has 0 saturated carbocycles. The highest BCUT2D eigenvalue weighted by Gasteiger charge is 2.26. The van der Waals surface area contributed by atoms with Crippen LogP contribution in [-0.4, -0.2) is 11.6 Å². The van der Waals surface area contributed by atoms with Crippen molar-refractivity contribution in [1.29, 1.82) is 0 Å². The van der Waals surface area contributed by atoms with E-state index in [0.29, 0.717) is 16.7 Å². The van der Waals surface area contributed by atoms with Crippen LogP contribution in [0.5, 0.6) is 0 Å². The molecule has 0 bridgehead atoms. The van der Waals surface area contributed by atoms with Gasteiger partial charge in [-0.2, -0.15) is 0 Å². The normalized spacial score (nSPS) is 16.0. The minimum absolute atomic E-state index is 0.0584. The van der Waals surface area contributed by atoms with Gasteiger partial charge in [-0.1, -0.05) is 58.3 Å². The van der Waals surface area contributed by atoms with Gasteiger partial charge in [0.25, 0.3) is 0 Å². The maximum atomic E-state index is 12.3. The van der Waals surface area contributed by atoms with Crippen LogP contribution in [0.4, 0.5) is 0 Å². The lowest BCUT2D eigenvalue weighted by atomic mass is 9.84. The van der Waals surface area contributed by atoms with Gasteiger partial charge in [0.2, 0.25) is 0 Å². The average molecular weight is 304 g/mol. The first-order valence-electron chi connectivity index (χ1n) is 8.97. The van der Waals surface area contributed by atoms with Crippen LogP contribution in [0.2, 0.25) is 0 Å². The number of unbranched alkanes of at least 4 members (excludes halogenated alkanes) is 8. The number of rotatable bonds is 10. The first-order valence-corrected chi connectivity index (χ1v) is 8.97. The predicted molar refractivity (Wildman–Crippen MR) is 92.9 cm³/mol. The Bertz CT molecular complexity index is 466. The molecule has 0 amide bonds. The highest BCUT2D eigenvalue weighted by Crippen LogP contribution is 2.27. The Balaban J connectivity index is 2.28. The summed E-state index contributed by atoms with van der Waals surface area (Å²) in [6.07, 6.45) is 12.2. The number of Topliss-reactive ketones (excluding diaryl/α,β-unsaturated/α-hetero) is 2. The van der Waals surface area contributed by atoms with Crippen LogP contribution in [0.1, 0.15) is 91.9 Å². The summed E-state index contributed by atoms with van der Waals surface area (Å²) in [5, 5.41) is 0. The summed E-state index contributed by atoms with van der Waals surface area (Å²) in [4.78, 5) is 24.4. The van der Waals surface area contributed by atoms with E-state index in [1.165, 1.54) is 44.9 Å². The molecule has 1 aliphatic rings. The van der Waals surface area contributed by atoms with Crippen molar-refractivity contribution in [1.82, 2.24) is 0 Å². The number of ketones is 2. The van der Waals surface area contributed by atoms with E-state index in [9.17, 15) is 9.59 Å². The molecule has 1 aliphatic carbocycles. The van der Waals surface area contributed by atoms with Crippen LogP contribution in [0.15, 0.2) is 22.3 Å². The minimum atomic E-state index is 0.0584. The van der Waals surface area contributed by atoms with Crippen LogP contribution in [0, 0.1) is 0 Å². The van der Waals surface area contributed by atoms with Crippen molar-refractivity contribution in [2.45, 2.75) is 91.9 Å². The van der Waals surface area contributed by atoms with Crippen LogP contribution in [0.25, 0.3) is 0 Å². The number of hydrogen-bond acceptors (Lipinski definition) is 2. The first-order chi connectivity index (χ1) is 10.5. The third-order valence-electron chi connectivity index (χ3n) is 4.84. The van der Waals surface area contributed by atoms with E-state index in [1.54, 1.807) is 20.8 Å². The molecule has 0 heterocycles. The summed E-state index contributed by atoms with van der Waals surface area (Å²) in [6.45, 7) is 7.58. The summed E-state index contributed by atoms with van der Waals surface area (Å²) < 4.78 is 0. The predicted octanol–water partition coefficient (Wildman–Crippen LogP) is 5.71. The van der Waals surface area contributed by atoms with Gasteiger partial charge in [0.05, 0.1) is 0 Å². The molecule has 0 aliphatic heterocycles. The Morgan fingerprint density at radius 3 is 1.59 bits per heavy atom. The largest absolute Gasteiger partial charge is 0.289 e. The molecule has 0 aromatic heterocycles. The summed E-state index contributed by atoms with van der Waals surface area (Å²) in [7, 11) is 0. The average Bonchev–Trinajstić information content (AvgIpc) is 2.52. The number of allylic oxidation sites excluding steroid dienone is 4. The fraction of sp³-hybridized carbons (Fsp3) is 0.700. The van der Waals surface area contributed by atoms with Crippen LogP contribution in [-0.2, 0) is 9.59 Å². The lowest BCUT2D eigenvalue weighted by Crippen LogP contribution is -2.20. The second kappa shape index (κ2) is 9.76. The van der Waals surface area contributed by atoms with E-state index >= 15 is 0 Å². The molecule has 2 heteroatoms. The van der Waals surface area contributed by atoms with Crippen molar-refractivity contribution in [3.05, 3.63) is 22.3 Å². The van der Waals surface area contributed by atoms with Crippen LogP contribution in [0.3, 0.4) is 0 Å². The summed E-state index contributed by atoms with van der Waals surface area (Å²) in [6, 6.07) is 0. The van der Waals surface area contributed by atoms with Gasteiger partial charge in [0.15, 0.2) is 11.6 Å². The lowest BCUT2D eigenvalue weighted by molar-refractivity contribution is -0.116. The van der Waals surface area contributed by atoms with Gasteiger partial charge in [-0.3, -0.25) is 9.59 Å². The van der Waals surface area contributed by atoms with Crippen LogP contribution < -0.4 is 0 Å². The van der Waals surface area contributed by atoms with Gasteiger partial charge in [-0.15, -0.1) is 0 Å². The number of carbonyl (C=O) groups excluding carboxylic acids is 2. The molecule has 0 saturated heterocycles. The fourth-order valence-electron chi connectivity index (χ4n) is 3.07. The Labute approximate surface area is 136 Å². The van der Waals surface area contributed by atoms with Crippen molar-refractivity contribution in [3.63, 3.8) is 0 Å². The molecule has 0 fully saturated rings. The van der Waals surface area contributed by atoms with Gasteiger partial charge in [-0.05, 0) is 33.6 Å². The molecule has 124 valence electrons. The van der Waals surface area contributed by atoms with E-state index < -0.39 is 0 Å². The summed E-state index contributed by atoms with van der Waals surface area (Å²) in [5.41, 5.74) is 2.70. The first kappa shape index (κ1) is 18.9. The molecule has 0 aromatic rings. The molecular formula is C20H32O2. The summed E-state index contributed by atoms with van der Waals surface area (Å²) in [5.74, 6) is 0.150. The van der Waals surface area contributed by atoms with Gasteiger partial charge in [0.1, 0.15) is 0 Å². The van der Waals surface area contributed by atoms with Crippen molar-refractivity contribution in [3.8, 4) is 0 Å². The Morgan fingerprint density at radius 1 is 0.591 bits per heavy atom. The molecule has 0 aromatic carbocycles. The molecule has 0 N–H and O–H groups in total. The standard InChI is InChI=1S/C20H32O2/c1-5-6-7-8-9-10-11-12-13-14-18-17(4)19(21)15(2)16(3)20(18)22/h5-14H2,1-4H3. The van der Waals surface area contributed by atoms with E-state index in [-0.39, 0.29) is 11.6 Å². The SMILES string of the molecule is CCCCCCCCCCCC1=C(C)C(=O)C(C)=C(C)C1=O. The topological polar surface area (TPSA) is 34.1 Å². The monoisotopic (exact) mass is 304 g/mol. The van der Waals surface area contributed by atoms with Crippen LogP contribution >= 0.6 is 0 Å². The maximum Gasteiger partial charge on any atom is 0.185 e. The smallest absolute Gasteiger partial charge is 0.185 e. The van der Waals surface area contributed by atoms with Gasteiger partial charge >= 0.3 is 0 Å². The molecular weight excluding hydrogens is 272 g/mol. The third-order valence-corrected chi connectivity index (χ3v) is 4.84. The van der Waals surface area contributed by atoms with E-state index in [2.05, 4.69) is 6.92 Å². The third kappa shape index (κ3) is 5.23. The molecule has 0 atom stereocenters. The second-order valence-electron chi connectivity index (χ2n) is 6.59. The van der Waals surface area contributed by atoms with E-state index in [1.807, 2.05) is 0 Å². The highest BCUT2D eigenvalue weighted by molar-refractivity contribution is 6.24. The van der Waals surface area contributed by atoms with Gasteiger partial charge in [0, 0.05) is 22.3 Å². The van der Waals surface area contributed by atoms with Crippen molar-refractivity contribution >= 4 is 11.6 Å². The Kier molecular flexibility index (Phi) is 8.37. The lowest BCUT2D eigenvalue weighted by Gasteiger charge is -2.18. The molecule has 2 nitrogen and oxygen atoms in total. The zero-order valence-electron chi connectivity index (χ0n) is 14.9. The Hall–Kier alpha value is -1.18. The number of hydrogen-bond donors (Lipinski definition) is 0. The summed E-state index contributed by atoms with van der Waals surface area (Å²) >= 11 is 0. The van der Waals surface area contributed by atoms with Crippen molar-refractivity contribution < 1.29 is 9.59 Å². The van der Waals surface area contributed by atoms with Gasteiger partial charge < -0.3 is 0 Å². The molecule has 0 radical (unpaired) electrons. The van der Waals surface area contributed by atoms with Crippen molar-refractivity contribution in [2.75, 3.05) is 0 Å². The molecule has 1 rings (SSSR count). The maximum absolute atomic E-state index is 12.3. The van der Waals surface area contributed by atoms with Gasteiger partial charge in [-0.25, -0.2) is 0 Å². The highest BCUT2D eigenvalue weighted by atomic mass is 16.1. The Morgan fingerprint density at radius 2 is 1.05 bits per heavy atom. The quantitative estimate of drug-likeness (QED) is 0.382. The minimum Gasteiger partial charge on any atom is -0.289 e. The second-order valence-corrected chi connectivity index (χ2v) is 6.59. The van der Waals surface area contributed by atoms with Crippen molar-refractivity contribution in [2.24, 2.45) is 0 Å². The zero-order valence-corrected chi connectivity index (χ0v) is 14.9. The fourth-order valence-corrected chi connectivity index (χ4v) is 3.07. The number of carbonyl (C=O) groups is 2. The molecule has 0 spiro atoms.